The van der Waals surface area contributed by atoms with Gasteiger partial charge < -0.3 is 10.1 Å². The number of aryl methyl sites for hydroxylation is 1. The summed E-state index contributed by atoms with van der Waals surface area (Å²) in [5.41, 5.74) is 6.22. The van der Waals surface area contributed by atoms with Gasteiger partial charge in [0.15, 0.2) is 16.1 Å². The van der Waals surface area contributed by atoms with Gasteiger partial charge >= 0.3 is 0 Å². The topological polar surface area (TPSA) is 111 Å². The van der Waals surface area contributed by atoms with E-state index in [1.165, 1.54) is 31.0 Å². The van der Waals surface area contributed by atoms with Crippen LogP contribution in [0.4, 0.5) is 0 Å². The lowest BCUT2D eigenvalue weighted by atomic mass is 9.96. The van der Waals surface area contributed by atoms with E-state index in [0.717, 1.165) is 38.0 Å². The summed E-state index contributed by atoms with van der Waals surface area (Å²) in [6.07, 6.45) is 9.99. The fourth-order valence-electron chi connectivity index (χ4n) is 4.04. The van der Waals surface area contributed by atoms with Gasteiger partial charge in [-0.1, -0.05) is 31.0 Å². The van der Waals surface area contributed by atoms with E-state index in [4.69, 9.17) is 17.0 Å². The zero-order valence-corrected chi connectivity index (χ0v) is 19.9. The number of rotatable bonds is 7. The Balaban J connectivity index is 1.32. The van der Waals surface area contributed by atoms with Gasteiger partial charge in [0.1, 0.15) is 5.69 Å². The van der Waals surface area contributed by atoms with Crippen molar-refractivity contribution in [2.24, 2.45) is 7.05 Å². The largest absolute Gasteiger partial charge is 0.376 e. The van der Waals surface area contributed by atoms with E-state index >= 15 is 0 Å². The Kier molecular flexibility index (Phi) is 7.98. The Morgan fingerprint density at radius 2 is 2.06 bits per heavy atom. The molecule has 3 heterocycles. The number of hydrogen-bond acceptors (Lipinski definition) is 7. The third-order valence-electron chi connectivity index (χ3n) is 5.66. The lowest BCUT2D eigenvalue weighted by molar-refractivity contribution is -0.119. The Hall–Kier alpha value is -2.18. The minimum Gasteiger partial charge on any atom is -0.376 e. The molecule has 3 N–H and O–H groups in total. The number of thioether (sulfide) groups is 1. The average molecular weight is 479 g/mol. The second kappa shape index (κ2) is 11.1. The minimum atomic E-state index is -0.186. The summed E-state index contributed by atoms with van der Waals surface area (Å²) in [4.78, 5) is 12.4. The zero-order valence-electron chi connectivity index (χ0n) is 18.2. The van der Waals surface area contributed by atoms with E-state index < -0.39 is 0 Å². The molecule has 12 heteroatoms. The van der Waals surface area contributed by atoms with E-state index in [1.807, 2.05) is 23.9 Å². The third kappa shape index (κ3) is 6.20. The average Bonchev–Trinajstić information content (AvgIpc) is 3.54. The molecule has 1 aliphatic carbocycles. The molecular weight excluding hydrogens is 448 g/mol. The van der Waals surface area contributed by atoms with Gasteiger partial charge in [0.25, 0.3) is 0 Å². The monoisotopic (exact) mass is 478 g/mol. The second-order valence-electron chi connectivity index (χ2n) is 8.20. The maximum absolute atomic E-state index is 12.4. The van der Waals surface area contributed by atoms with Gasteiger partial charge in [-0.2, -0.15) is 5.10 Å². The van der Waals surface area contributed by atoms with Crippen LogP contribution in [0.2, 0.25) is 0 Å². The molecule has 0 bridgehead atoms. The molecule has 4 rings (SSSR count). The van der Waals surface area contributed by atoms with Crippen LogP contribution in [-0.2, 0) is 23.1 Å². The Labute approximate surface area is 197 Å². The molecule has 0 radical (unpaired) electrons. The number of carbonyl (C=O) groups excluding carboxylic acids is 1. The van der Waals surface area contributed by atoms with Gasteiger partial charge in [-0.3, -0.25) is 24.9 Å². The van der Waals surface area contributed by atoms with Gasteiger partial charge in [-0.15, -0.1) is 10.2 Å². The van der Waals surface area contributed by atoms with Gasteiger partial charge in [0, 0.05) is 25.9 Å². The van der Waals surface area contributed by atoms with Crippen LogP contribution >= 0.6 is 24.0 Å². The number of carbonyl (C=O) groups is 1. The molecule has 174 valence electrons. The van der Waals surface area contributed by atoms with Crippen LogP contribution in [0.15, 0.2) is 17.4 Å². The van der Waals surface area contributed by atoms with Crippen LogP contribution in [0, 0.1) is 0 Å². The first-order chi connectivity index (χ1) is 15.6. The molecule has 1 saturated heterocycles. The summed E-state index contributed by atoms with van der Waals surface area (Å²) >= 11 is 6.63. The number of ether oxygens (including phenoxy) is 1. The second-order valence-corrected chi connectivity index (χ2v) is 9.55. The summed E-state index contributed by atoms with van der Waals surface area (Å²) in [6.45, 7) is 1.41. The summed E-state index contributed by atoms with van der Waals surface area (Å²) in [7, 11) is 1.87. The summed E-state index contributed by atoms with van der Waals surface area (Å²) in [5, 5.41) is 17.5. The molecule has 1 atom stereocenters. The highest BCUT2D eigenvalue weighted by molar-refractivity contribution is 7.99. The highest BCUT2D eigenvalue weighted by Gasteiger charge is 2.23. The predicted molar refractivity (Wildman–Crippen MR) is 126 cm³/mol. The van der Waals surface area contributed by atoms with E-state index in [0.29, 0.717) is 28.7 Å². The molecule has 1 aliphatic heterocycles. The Morgan fingerprint density at radius 1 is 1.22 bits per heavy atom. The van der Waals surface area contributed by atoms with Crippen LogP contribution in [0.5, 0.6) is 0 Å². The van der Waals surface area contributed by atoms with Gasteiger partial charge in [0.2, 0.25) is 5.91 Å². The summed E-state index contributed by atoms with van der Waals surface area (Å²) in [5.74, 6) is 0.680. The maximum Gasteiger partial charge on any atom is 0.248 e. The number of nitrogens with zero attached hydrogens (tertiary/aromatic N) is 5. The van der Waals surface area contributed by atoms with Crippen molar-refractivity contribution in [3.8, 4) is 11.5 Å². The number of hydrazine groups is 1. The van der Waals surface area contributed by atoms with Crippen molar-refractivity contribution in [1.82, 2.24) is 40.7 Å². The molecule has 2 aromatic rings. The molecule has 32 heavy (non-hydrogen) atoms. The van der Waals surface area contributed by atoms with Crippen molar-refractivity contribution in [2.75, 3.05) is 12.4 Å². The van der Waals surface area contributed by atoms with E-state index in [9.17, 15) is 4.79 Å². The van der Waals surface area contributed by atoms with Crippen LogP contribution in [-0.4, -0.2) is 60.1 Å². The predicted octanol–water partition coefficient (Wildman–Crippen LogP) is 1.78. The van der Waals surface area contributed by atoms with Crippen molar-refractivity contribution in [3.63, 3.8) is 0 Å². The molecule has 2 aliphatic rings. The summed E-state index contributed by atoms with van der Waals surface area (Å²) < 4.78 is 9.54. The molecule has 1 saturated carbocycles. The third-order valence-corrected chi connectivity index (χ3v) is 6.84. The first-order valence-electron chi connectivity index (χ1n) is 11.1. The molecule has 0 unspecified atom stereocenters. The molecule has 2 fully saturated rings. The number of hydrogen-bond donors (Lipinski definition) is 3. The maximum atomic E-state index is 12.4. The fraction of sp³-hybridized carbons (Fsp3) is 0.650. The first kappa shape index (κ1) is 23.0. The molecule has 2 aromatic heterocycles. The highest BCUT2D eigenvalue weighted by atomic mass is 32.2. The van der Waals surface area contributed by atoms with Gasteiger partial charge in [-0.25, -0.2) is 0 Å². The van der Waals surface area contributed by atoms with Crippen molar-refractivity contribution < 1.29 is 9.53 Å². The Morgan fingerprint density at radius 3 is 2.78 bits per heavy atom. The minimum absolute atomic E-state index is 0.117. The van der Waals surface area contributed by atoms with Gasteiger partial charge in [0.05, 0.1) is 18.4 Å². The van der Waals surface area contributed by atoms with Crippen LogP contribution in [0.25, 0.3) is 11.5 Å². The van der Waals surface area contributed by atoms with E-state index in [-0.39, 0.29) is 17.8 Å². The lowest BCUT2D eigenvalue weighted by Gasteiger charge is -2.24. The van der Waals surface area contributed by atoms with Gasteiger partial charge in [-0.05, 0) is 44.0 Å². The van der Waals surface area contributed by atoms with Crippen molar-refractivity contribution in [2.45, 2.75) is 68.8 Å². The normalized spacial score (nSPS) is 19.1. The van der Waals surface area contributed by atoms with Crippen LogP contribution < -0.4 is 16.2 Å². The smallest absolute Gasteiger partial charge is 0.248 e. The molecular formula is C20H30N8O2S2. The first-order valence-corrected chi connectivity index (χ1v) is 12.5. The quantitative estimate of drug-likeness (QED) is 0.311. The number of nitrogens with one attached hydrogen (secondary N) is 3. The van der Waals surface area contributed by atoms with Crippen molar-refractivity contribution in [1.29, 1.82) is 0 Å². The molecule has 10 nitrogen and oxygen atoms in total. The SMILES string of the molecule is Cn1ccc(-c2nnc(SCC(=O)NNC(=S)NC3CCCCC3)n2C[C@@H]2CCCO2)n1. The van der Waals surface area contributed by atoms with E-state index in [2.05, 4.69) is 31.5 Å². The van der Waals surface area contributed by atoms with Crippen molar-refractivity contribution in [3.05, 3.63) is 12.3 Å². The highest BCUT2D eigenvalue weighted by Crippen LogP contribution is 2.25. The number of aromatic nitrogens is 5. The summed E-state index contributed by atoms with van der Waals surface area (Å²) in [6, 6.07) is 2.29. The zero-order chi connectivity index (χ0) is 22.3. The van der Waals surface area contributed by atoms with Crippen LogP contribution in [0.1, 0.15) is 44.9 Å². The molecule has 0 spiro atoms. The molecule has 0 aromatic carbocycles. The number of amides is 1. The Bertz CT molecular complexity index is 919. The molecule has 1 amide bonds. The fourth-order valence-corrected chi connectivity index (χ4v) is 5.00. The standard InChI is InChI=1S/C20H30N8O2S2/c1-27-10-9-16(26-27)18-23-25-20(28(18)12-15-8-5-11-30-15)32-13-17(29)22-24-19(31)21-14-6-3-2-4-7-14/h9-10,14-15H,2-8,11-13H2,1H3,(H,22,29)(H2,21,24,31)/t15-/m0/s1. The number of thiocarbonyl (C=S) groups is 1. The van der Waals surface area contributed by atoms with Crippen LogP contribution in [0.3, 0.4) is 0 Å². The van der Waals surface area contributed by atoms with E-state index in [1.54, 1.807) is 4.68 Å². The lowest BCUT2D eigenvalue weighted by Crippen LogP contribution is -2.50. The van der Waals surface area contributed by atoms with Crippen molar-refractivity contribution >= 4 is 35.0 Å².